The van der Waals surface area contributed by atoms with Crippen LogP contribution in [-0.4, -0.2) is 0 Å². The first-order chi connectivity index (χ1) is 7.69. The van der Waals surface area contributed by atoms with Crippen LogP contribution in [0.4, 0.5) is 5.69 Å². The molecule has 0 aliphatic carbocycles. The van der Waals surface area contributed by atoms with Crippen LogP contribution in [0, 0.1) is 18.3 Å². The number of nitrogens with zero attached hydrogens (tertiary/aromatic N) is 1. The highest BCUT2D eigenvalue weighted by atomic mass is 14.5. The van der Waals surface area contributed by atoms with Crippen molar-refractivity contribution < 1.29 is 0 Å². The molecule has 0 spiro atoms. The first-order valence-corrected chi connectivity index (χ1v) is 5.07. The van der Waals surface area contributed by atoms with Gasteiger partial charge >= 0.3 is 0 Å². The Kier molecular flexibility index (Phi) is 2.61. The average molecular weight is 208 g/mol. The van der Waals surface area contributed by atoms with Gasteiger partial charge in [-0.25, -0.2) is 0 Å². The van der Waals surface area contributed by atoms with Crippen LogP contribution >= 0.6 is 0 Å². The van der Waals surface area contributed by atoms with E-state index in [1.807, 2.05) is 43.3 Å². The van der Waals surface area contributed by atoms with Crippen LogP contribution in [0.25, 0.3) is 11.1 Å². The van der Waals surface area contributed by atoms with E-state index < -0.39 is 0 Å². The molecule has 0 saturated carbocycles. The Morgan fingerprint density at radius 3 is 2.25 bits per heavy atom. The summed E-state index contributed by atoms with van der Waals surface area (Å²) < 4.78 is 0. The molecule has 0 unspecified atom stereocenters. The molecule has 78 valence electrons. The van der Waals surface area contributed by atoms with Crippen LogP contribution in [0.1, 0.15) is 11.1 Å². The summed E-state index contributed by atoms with van der Waals surface area (Å²) in [5.74, 6) is 0. The molecule has 2 heteroatoms. The summed E-state index contributed by atoms with van der Waals surface area (Å²) in [4.78, 5) is 0. The Morgan fingerprint density at radius 1 is 1.00 bits per heavy atom. The van der Waals surface area contributed by atoms with Gasteiger partial charge in [-0.3, -0.25) is 0 Å². The second-order valence-corrected chi connectivity index (χ2v) is 3.82. The molecule has 2 nitrogen and oxygen atoms in total. The standard InChI is InChI=1S/C14H12N2/c1-10-6-13(8-14(16)7-10)12-4-2-11(9-15)3-5-12/h2-8H,16H2,1H3. The van der Waals surface area contributed by atoms with Gasteiger partial charge in [0.05, 0.1) is 11.6 Å². The van der Waals surface area contributed by atoms with E-state index in [9.17, 15) is 0 Å². The van der Waals surface area contributed by atoms with Gasteiger partial charge in [-0.05, 0) is 47.9 Å². The average Bonchev–Trinajstić information content (AvgIpc) is 2.28. The fourth-order valence-corrected chi connectivity index (χ4v) is 1.72. The molecule has 0 radical (unpaired) electrons. The van der Waals surface area contributed by atoms with Crippen molar-refractivity contribution >= 4 is 5.69 Å². The van der Waals surface area contributed by atoms with Crippen molar-refractivity contribution in [2.75, 3.05) is 5.73 Å². The SMILES string of the molecule is Cc1cc(N)cc(-c2ccc(C#N)cc2)c1. The molecule has 0 bridgehead atoms. The number of nitriles is 1. The summed E-state index contributed by atoms with van der Waals surface area (Å²) in [5, 5.41) is 8.72. The third-order valence-electron chi connectivity index (χ3n) is 2.45. The topological polar surface area (TPSA) is 49.8 Å². The second-order valence-electron chi connectivity index (χ2n) is 3.82. The number of nitrogens with two attached hydrogens (primary N) is 1. The lowest BCUT2D eigenvalue weighted by molar-refractivity contribution is 1.46. The van der Waals surface area contributed by atoms with E-state index >= 15 is 0 Å². The van der Waals surface area contributed by atoms with Gasteiger partial charge in [-0.15, -0.1) is 0 Å². The van der Waals surface area contributed by atoms with E-state index in [1.54, 1.807) is 0 Å². The van der Waals surface area contributed by atoms with Gasteiger partial charge in [0.25, 0.3) is 0 Å². The third kappa shape index (κ3) is 2.04. The molecule has 2 rings (SSSR count). The van der Waals surface area contributed by atoms with Gasteiger partial charge in [-0.2, -0.15) is 5.26 Å². The Morgan fingerprint density at radius 2 is 1.69 bits per heavy atom. The molecule has 16 heavy (non-hydrogen) atoms. The number of nitrogen functional groups attached to an aromatic ring is 1. The fourth-order valence-electron chi connectivity index (χ4n) is 1.72. The van der Waals surface area contributed by atoms with E-state index in [0.717, 1.165) is 22.4 Å². The first kappa shape index (κ1) is 10.3. The first-order valence-electron chi connectivity index (χ1n) is 5.07. The number of benzene rings is 2. The van der Waals surface area contributed by atoms with Crippen LogP contribution < -0.4 is 5.73 Å². The Hall–Kier alpha value is -2.27. The van der Waals surface area contributed by atoms with Crippen molar-refractivity contribution in [2.24, 2.45) is 0 Å². The minimum absolute atomic E-state index is 0.671. The number of hydrogen-bond acceptors (Lipinski definition) is 2. The molecular weight excluding hydrogens is 196 g/mol. The molecule has 2 aromatic carbocycles. The fraction of sp³-hybridized carbons (Fsp3) is 0.0714. The Labute approximate surface area is 95.0 Å². The van der Waals surface area contributed by atoms with Crippen molar-refractivity contribution in [3.8, 4) is 17.2 Å². The van der Waals surface area contributed by atoms with Crippen molar-refractivity contribution in [2.45, 2.75) is 6.92 Å². The summed E-state index contributed by atoms with van der Waals surface area (Å²) in [6, 6.07) is 15.6. The zero-order valence-corrected chi connectivity index (χ0v) is 9.07. The van der Waals surface area contributed by atoms with Crippen LogP contribution in [0.3, 0.4) is 0 Å². The van der Waals surface area contributed by atoms with Crippen molar-refractivity contribution in [1.82, 2.24) is 0 Å². The molecule has 2 N–H and O–H groups in total. The van der Waals surface area contributed by atoms with Gasteiger partial charge in [0.15, 0.2) is 0 Å². The number of hydrogen-bond donors (Lipinski definition) is 1. The molecular formula is C14H12N2. The molecule has 0 heterocycles. The maximum atomic E-state index is 8.72. The zero-order chi connectivity index (χ0) is 11.5. The molecule has 0 saturated heterocycles. The normalized spacial score (nSPS) is 9.75. The highest BCUT2D eigenvalue weighted by molar-refractivity contribution is 5.69. The number of aryl methyl sites for hydroxylation is 1. The van der Waals surface area contributed by atoms with Gasteiger partial charge in [0.1, 0.15) is 0 Å². The quantitative estimate of drug-likeness (QED) is 0.732. The van der Waals surface area contributed by atoms with E-state index in [4.69, 9.17) is 11.0 Å². The zero-order valence-electron chi connectivity index (χ0n) is 9.07. The van der Waals surface area contributed by atoms with Crippen LogP contribution in [0.5, 0.6) is 0 Å². The highest BCUT2D eigenvalue weighted by Gasteiger charge is 2.00. The van der Waals surface area contributed by atoms with Gasteiger partial charge in [0.2, 0.25) is 0 Å². The molecule has 2 aromatic rings. The van der Waals surface area contributed by atoms with Crippen molar-refractivity contribution in [3.05, 3.63) is 53.6 Å². The molecule has 0 amide bonds. The van der Waals surface area contributed by atoms with E-state index in [1.165, 1.54) is 0 Å². The maximum absolute atomic E-state index is 8.72. The predicted molar refractivity (Wildman–Crippen MR) is 65.7 cm³/mol. The van der Waals surface area contributed by atoms with E-state index in [-0.39, 0.29) is 0 Å². The van der Waals surface area contributed by atoms with Crippen LogP contribution in [0.15, 0.2) is 42.5 Å². The van der Waals surface area contributed by atoms with Crippen LogP contribution in [0.2, 0.25) is 0 Å². The Bertz CT molecular complexity index is 528. The van der Waals surface area contributed by atoms with Crippen molar-refractivity contribution in [1.29, 1.82) is 5.26 Å². The summed E-state index contributed by atoms with van der Waals surface area (Å²) in [6.45, 7) is 2.02. The maximum Gasteiger partial charge on any atom is 0.0991 e. The highest BCUT2D eigenvalue weighted by Crippen LogP contribution is 2.23. The van der Waals surface area contributed by atoms with E-state index in [2.05, 4.69) is 12.1 Å². The minimum atomic E-state index is 0.671. The Balaban J connectivity index is 2.47. The van der Waals surface area contributed by atoms with Gasteiger partial charge < -0.3 is 5.73 Å². The van der Waals surface area contributed by atoms with Gasteiger partial charge in [0, 0.05) is 5.69 Å². The minimum Gasteiger partial charge on any atom is -0.399 e. The van der Waals surface area contributed by atoms with E-state index in [0.29, 0.717) is 5.56 Å². The lowest BCUT2D eigenvalue weighted by atomic mass is 10.0. The smallest absolute Gasteiger partial charge is 0.0991 e. The van der Waals surface area contributed by atoms with Gasteiger partial charge in [-0.1, -0.05) is 18.2 Å². The monoisotopic (exact) mass is 208 g/mol. The predicted octanol–water partition coefficient (Wildman–Crippen LogP) is 3.12. The summed E-state index contributed by atoms with van der Waals surface area (Å²) in [5.41, 5.74) is 10.5. The lowest BCUT2D eigenvalue weighted by Gasteiger charge is -2.05. The molecule has 0 aromatic heterocycles. The molecule has 0 fully saturated rings. The largest absolute Gasteiger partial charge is 0.399 e. The van der Waals surface area contributed by atoms with Crippen LogP contribution in [-0.2, 0) is 0 Å². The van der Waals surface area contributed by atoms with Crippen molar-refractivity contribution in [3.63, 3.8) is 0 Å². The molecule has 0 aliphatic heterocycles. The summed E-state index contributed by atoms with van der Waals surface area (Å²) in [6.07, 6.45) is 0. The molecule has 0 atom stereocenters. The second kappa shape index (κ2) is 4.08. The number of rotatable bonds is 1. The summed E-state index contributed by atoms with van der Waals surface area (Å²) >= 11 is 0. The lowest BCUT2D eigenvalue weighted by Crippen LogP contribution is -1.88. The summed E-state index contributed by atoms with van der Waals surface area (Å²) in [7, 11) is 0. The molecule has 0 aliphatic rings. The number of anilines is 1. The third-order valence-corrected chi connectivity index (χ3v) is 2.45.